The molecule has 0 spiro atoms. The number of aromatic nitrogens is 2. The van der Waals surface area contributed by atoms with E-state index >= 15 is 0 Å². The molecule has 1 aromatic heterocycles. The van der Waals surface area contributed by atoms with E-state index in [1.807, 2.05) is 0 Å². The number of carbonyl (C=O) groups excluding carboxylic acids is 1. The number of sulfonamides is 1. The molecule has 2 aromatic rings. The Hall–Kier alpha value is -2.19. The zero-order chi connectivity index (χ0) is 18.7. The van der Waals surface area contributed by atoms with Crippen LogP contribution in [0.15, 0.2) is 47.6 Å². The van der Waals surface area contributed by atoms with Crippen LogP contribution in [0, 0.1) is 5.92 Å². The molecule has 1 saturated heterocycles. The second-order valence-corrected chi connectivity index (χ2v) is 8.72. The normalized spacial score (nSPS) is 19.8. The number of amides is 1. The highest BCUT2D eigenvalue weighted by molar-refractivity contribution is 7.89. The van der Waals surface area contributed by atoms with Crippen molar-refractivity contribution in [3.63, 3.8) is 0 Å². The highest BCUT2D eigenvalue weighted by atomic mass is 32.2. The minimum absolute atomic E-state index is 0.214. The lowest BCUT2D eigenvalue weighted by molar-refractivity contribution is -0.119. The van der Waals surface area contributed by atoms with Gasteiger partial charge in [-0.15, -0.1) is 0 Å². The Morgan fingerprint density at radius 2 is 2.04 bits per heavy atom. The summed E-state index contributed by atoms with van der Waals surface area (Å²) in [5.41, 5.74) is 0.556. The molecule has 8 heteroatoms. The van der Waals surface area contributed by atoms with Gasteiger partial charge in [0, 0.05) is 31.2 Å². The Balaban J connectivity index is 1.69. The van der Waals surface area contributed by atoms with Crippen LogP contribution >= 0.6 is 0 Å². The van der Waals surface area contributed by atoms with Crippen molar-refractivity contribution in [1.82, 2.24) is 14.1 Å². The molecule has 140 valence electrons. The first-order chi connectivity index (χ1) is 12.4. The van der Waals surface area contributed by atoms with E-state index in [1.165, 1.54) is 0 Å². The first kappa shape index (κ1) is 18.6. The molecule has 7 nitrogen and oxygen atoms in total. The van der Waals surface area contributed by atoms with E-state index in [0.29, 0.717) is 24.7 Å². The predicted octanol–water partition coefficient (Wildman–Crippen LogP) is 2.50. The third-order valence-electron chi connectivity index (χ3n) is 4.68. The zero-order valence-electron chi connectivity index (χ0n) is 15.0. The van der Waals surface area contributed by atoms with Crippen molar-refractivity contribution < 1.29 is 13.2 Å². The molecule has 0 bridgehead atoms. The molecule has 0 radical (unpaired) electrons. The lowest BCUT2D eigenvalue weighted by Crippen LogP contribution is -2.39. The zero-order valence-corrected chi connectivity index (χ0v) is 15.8. The van der Waals surface area contributed by atoms with Crippen LogP contribution in [0.3, 0.4) is 0 Å². The molecule has 2 heterocycles. The fourth-order valence-electron chi connectivity index (χ4n) is 3.10. The van der Waals surface area contributed by atoms with Crippen LogP contribution in [-0.2, 0) is 14.8 Å². The molecule has 2 atom stereocenters. The first-order valence-corrected chi connectivity index (χ1v) is 10.2. The summed E-state index contributed by atoms with van der Waals surface area (Å²) in [5.74, 6) is 0.162. The summed E-state index contributed by atoms with van der Waals surface area (Å²) in [6.45, 7) is 4.94. The topological polar surface area (TPSA) is 84.3 Å². The van der Waals surface area contributed by atoms with Crippen molar-refractivity contribution in [2.75, 3.05) is 18.4 Å². The Morgan fingerprint density at radius 3 is 2.65 bits per heavy atom. The Kier molecular flexibility index (Phi) is 5.43. The van der Waals surface area contributed by atoms with Gasteiger partial charge in [-0.1, -0.05) is 6.92 Å². The van der Waals surface area contributed by atoms with Gasteiger partial charge in [0.2, 0.25) is 15.9 Å². The van der Waals surface area contributed by atoms with E-state index in [0.717, 1.165) is 12.8 Å². The number of nitrogens with one attached hydrogen (secondary N) is 1. The molecule has 1 fully saturated rings. The van der Waals surface area contributed by atoms with Crippen LogP contribution in [0.2, 0.25) is 0 Å². The molecule has 26 heavy (non-hydrogen) atoms. The van der Waals surface area contributed by atoms with Gasteiger partial charge in [-0.05, 0) is 56.0 Å². The van der Waals surface area contributed by atoms with E-state index in [4.69, 9.17) is 0 Å². The smallest absolute Gasteiger partial charge is 0.248 e. The molecule has 1 aliphatic rings. The second kappa shape index (κ2) is 7.59. The minimum atomic E-state index is -3.49. The summed E-state index contributed by atoms with van der Waals surface area (Å²) >= 11 is 0. The molecular formula is C18H24N4O3S. The largest absolute Gasteiger partial charge is 0.324 e. The van der Waals surface area contributed by atoms with Crippen LogP contribution in [0.25, 0.3) is 0 Å². The van der Waals surface area contributed by atoms with Gasteiger partial charge in [-0.2, -0.15) is 9.40 Å². The van der Waals surface area contributed by atoms with Crippen molar-refractivity contribution in [3.05, 3.63) is 42.7 Å². The molecule has 0 aliphatic carbocycles. The van der Waals surface area contributed by atoms with Gasteiger partial charge in [0.1, 0.15) is 6.04 Å². The van der Waals surface area contributed by atoms with Crippen molar-refractivity contribution in [2.45, 2.75) is 37.6 Å². The fraction of sp³-hybridized carbons (Fsp3) is 0.444. The maximum Gasteiger partial charge on any atom is 0.248 e. The number of hydrogen-bond acceptors (Lipinski definition) is 4. The lowest BCUT2D eigenvalue weighted by atomic mass is 10.0. The maximum atomic E-state index is 12.8. The Bertz CT molecular complexity index is 847. The van der Waals surface area contributed by atoms with Crippen LogP contribution in [0.5, 0.6) is 0 Å². The number of anilines is 1. The van der Waals surface area contributed by atoms with Crippen molar-refractivity contribution >= 4 is 21.6 Å². The maximum absolute atomic E-state index is 12.8. The van der Waals surface area contributed by atoms with Crippen molar-refractivity contribution in [2.24, 2.45) is 5.92 Å². The number of rotatable bonds is 5. The SMILES string of the molecule is CC1CCCN(S(=O)(=O)c2ccc(NC(=O)C(C)n3cccn3)cc2)C1. The third-order valence-corrected chi connectivity index (χ3v) is 6.56. The molecule has 0 saturated carbocycles. The highest BCUT2D eigenvalue weighted by Gasteiger charge is 2.28. The van der Waals surface area contributed by atoms with Crippen molar-refractivity contribution in [1.29, 1.82) is 0 Å². The van der Waals surface area contributed by atoms with Gasteiger partial charge in [0.25, 0.3) is 0 Å². The van der Waals surface area contributed by atoms with Crippen LogP contribution in [-0.4, -0.2) is 41.5 Å². The van der Waals surface area contributed by atoms with E-state index in [2.05, 4.69) is 17.3 Å². The molecular weight excluding hydrogens is 352 g/mol. The number of piperidine rings is 1. The van der Waals surface area contributed by atoms with Crippen molar-refractivity contribution in [3.8, 4) is 0 Å². The van der Waals surface area contributed by atoms with E-state index < -0.39 is 16.1 Å². The van der Waals surface area contributed by atoms with Crippen LogP contribution in [0.4, 0.5) is 5.69 Å². The molecule has 1 aliphatic heterocycles. The standard InChI is InChI=1S/C18H24N4O3S/c1-14-5-3-11-21(13-14)26(24,25)17-8-6-16(7-9-17)20-18(23)15(2)22-12-4-10-19-22/h4,6-10,12,14-15H,3,5,11,13H2,1-2H3,(H,20,23). The van der Waals surface area contributed by atoms with Gasteiger partial charge in [-0.3, -0.25) is 9.48 Å². The predicted molar refractivity (Wildman–Crippen MR) is 99.2 cm³/mol. The quantitative estimate of drug-likeness (QED) is 0.869. The molecule has 1 N–H and O–H groups in total. The third kappa shape index (κ3) is 3.96. The van der Waals surface area contributed by atoms with Crippen LogP contribution in [0.1, 0.15) is 32.7 Å². The monoisotopic (exact) mass is 376 g/mol. The number of nitrogens with zero attached hydrogens (tertiary/aromatic N) is 3. The van der Waals surface area contributed by atoms with Gasteiger partial charge in [0.15, 0.2) is 0 Å². The van der Waals surface area contributed by atoms with E-state index in [1.54, 1.807) is 58.6 Å². The molecule has 3 rings (SSSR count). The highest BCUT2D eigenvalue weighted by Crippen LogP contribution is 2.24. The average molecular weight is 376 g/mol. The fourth-order valence-corrected chi connectivity index (χ4v) is 4.70. The summed E-state index contributed by atoms with van der Waals surface area (Å²) in [7, 11) is -3.49. The van der Waals surface area contributed by atoms with E-state index in [9.17, 15) is 13.2 Å². The second-order valence-electron chi connectivity index (χ2n) is 6.79. The summed E-state index contributed by atoms with van der Waals surface area (Å²) in [6, 6.07) is 7.63. The number of benzene rings is 1. The van der Waals surface area contributed by atoms with E-state index in [-0.39, 0.29) is 10.8 Å². The summed E-state index contributed by atoms with van der Waals surface area (Å²) < 4.78 is 28.6. The molecule has 2 unspecified atom stereocenters. The number of carbonyl (C=O) groups is 1. The van der Waals surface area contributed by atoms with Gasteiger partial charge in [0.05, 0.1) is 4.90 Å². The van der Waals surface area contributed by atoms with Crippen LogP contribution < -0.4 is 5.32 Å². The summed E-state index contributed by atoms with van der Waals surface area (Å²) in [5, 5.41) is 6.84. The molecule has 1 amide bonds. The minimum Gasteiger partial charge on any atom is -0.324 e. The summed E-state index contributed by atoms with van der Waals surface area (Å²) in [6.07, 6.45) is 5.29. The number of hydrogen-bond donors (Lipinski definition) is 1. The van der Waals surface area contributed by atoms with Gasteiger partial charge >= 0.3 is 0 Å². The molecule has 1 aromatic carbocycles. The summed E-state index contributed by atoms with van der Waals surface area (Å²) in [4.78, 5) is 12.5. The first-order valence-electron chi connectivity index (χ1n) is 8.78. The van der Waals surface area contributed by atoms with Gasteiger partial charge in [-0.25, -0.2) is 8.42 Å². The van der Waals surface area contributed by atoms with Gasteiger partial charge < -0.3 is 5.32 Å². The lowest BCUT2D eigenvalue weighted by Gasteiger charge is -2.30. The Labute approximate surface area is 154 Å². The Morgan fingerprint density at radius 1 is 1.31 bits per heavy atom. The average Bonchev–Trinajstić information content (AvgIpc) is 3.16.